The lowest BCUT2D eigenvalue weighted by molar-refractivity contribution is 0.101. The molecule has 4 aromatic rings. The molecule has 7 heteroatoms. The Morgan fingerprint density at radius 2 is 1.80 bits per heavy atom. The number of ketones is 1. The molecule has 1 N–H and O–H groups in total. The summed E-state index contributed by atoms with van der Waals surface area (Å²) in [7, 11) is 1.60. The van der Waals surface area contributed by atoms with Crippen molar-refractivity contribution in [2.75, 3.05) is 12.4 Å². The molecule has 2 aromatic carbocycles. The normalized spacial score (nSPS) is 10.8. The Morgan fingerprint density at radius 3 is 2.50 bits per heavy atom. The number of Topliss-reactive ketones (excluding diaryl/α,β-unsaturated/α-hetero) is 1. The van der Waals surface area contributed by atoms with Gasteiger partial charge in [-0.15, -0.1) is 0 Å². The fourth-order valence-electron chi connectivity index (χ4n) is 3.17. The minimum atomic E-state index is -0.318. The molecule has 0 bridgehead atoms. The van der Waals surface area contributed by atoms with Crippen molar-refractivity contribution in [2.24, 2.45) is 0 Å². The number of nitrogens with zero attached hydrogens (tertiary/aromatic N) is 2. The van der Waals surface area contributed by atoms with E-state index in [0.717, 1.165) is 16.5 Å². The Kier molecular flexibility index (Phi) is 5.29. The molecule has 0 spiro atoms. The summed E-state index contributed by atoms with van der Waals surface area (Å²) in [5, 5.41) is 4.03. The van der Waals surface area contributed by atoms with Gasteiger partial charge in [-0.25, -0.2) is 4.98 Å². The van der Waals surface area contributed by atoms with Crippen molar-refractivity contribution in [3.05, 3.63) is 70.7 Å². The molecule has 2 aromatic heterocycles. The molecule has 0 radical (unpaired) electrons. The monoisotopic (exact) mass is 417 g/mol. The summed E-state index contributed by atoms with van der Waals surface area (Å²) in [5.41, 5.74) is 3.21. The number of rotatable bonds is 5. The van der Waals surface area contributed by atoms with Gasteiger partial charge in [0.15, 0.2) is 10.9 Å². The van der Waals surface area contributed by atoms with E-state index in [9.17, 15) is 9.59 Å². The van der Waals surface area contributed by atoms with Crippen LogP contribution >= 0.6 is 11.3 Å². The molecule has 0 aliphatic rings. The highest BCUT2D eigenvalue weighted by atomic mass is 32.1. The second kappa shape index (κ2) is 8.04. The predicted octanol–water partition coefficient (Wildman–Crippen LogP) is 5.13. The van der Waals surface area contributed by atoms with Gasteiger partial charge in [0.25, 0.3) is 5.91 Å². The fourth-order valence-corrected chi connectivity index (χ4v) is 4.05. The molecule has 6 nitrogen and oxygen atoms in total. The van der Waals surface area contributed by atoms with Gasteiger partial charge in [-0.05, 0) is 25.1 Å². The maximum Gasteiger partial charge on any atom is 0.259 e. The first-order chi connectivity index (χ1) is 14.5. The van der Waals surface area contributed by atoms with Crippen LogP contribution in [0.15, 0.2) is 54.6 Å². The van der Waals surface area contributed by atoms with Gasteiger partial charge in [0.1, 0.15) is 5.75 Å². The predicted molar refractivity (Wildman–Crippen MR) is 119 cm³/mol. The van der Waals surface area contributed by atoms with Crippen LogP contribution in [0.2, 0.25) is 0 Å². The summed E-state index contributed by atoms with van der Waals surface area (Å²) in [6.07, 6.45) is 0. The topological polar surface area (TPSA) is 81.2 Å². The van der Waals surface area contributed by atoms with E-state index in [4.69, 9.17) is 4.74 Å². The van der Waals surface area contributed by atoms with E-state index in [0.29, 0.717) is 32.7 Å². The van der Waals surface area contributed by atoms with Crippen LogP contribution in [0.4, 0.5) is 5.13 Å². The van der Waals surface area contributed by atoms with Crippen LogP contribution in [-0.2, 0) is 0 Å². The highest BCUT2D eigenvalue weighted by Gasteiger charge is 2.19. The Bertz CT molecular complexity index is 1270. The number of hydrogen-bond donors (Lipinski definition) is 1. The van der Waals surface area contributed by atoms with Gasteiger partial charge in [0.2, 0.25) is 0 Å². The lowest BCUT2D eigenvalue weighted by atomic mass is 10.1. The first-order valence-corrected chi connectivity index (χ1v) is 10.1. The zero-order chi connectivity index (χ0) is 21.3. The highest BCUT2D eigenvalue weighted by molar-refractivity contribution is 7.18. The number of ether oxygens (including phenoxy) is 1. The molecule has 0 aliphatic heterocycles. The quantitative estimate of drug-likeness (QED) is 0.455. The summed E-state index contributed by atoms with van der Waals surface area (Å²) in [4.78, 5) is 34.6. The minimum absolute atomic E-state index is 0.0932. The van der Waals surface area contributed by atoms with Crippen LogP contribution in [0.25, 0.3) is 22.2 Å². The number of carbonyl (C=O) groups is 2. The van der Waals surface area contributed by atoms with E-state index in [1.54, 1.807) is 20.1 Å². The number of carbonyl (C=O) groups excluding carboxylic acids is 2. The summed E-state index contributed by atoms with van der Waals surface area (Å²) in [6, 6.07) is 16.8. The number of thiazole rings is 1. The number of aromatic nitrogens is 2. The van der Waals surface area contributed by atoms with Crippen LogP contribution in [0, 0.1) is 6.92 Å². The number of anilines is 1. The average Bonchev–Trinajstić information content (AvgIpc) is 3.17. The fraction of sp³-hybridized carbons (Fsp3) is 0.130. The van der Waals surface area contributed by atoms with E-state index < -0.39 is 0 Å². The lowest BCUT2D eigenvalue weighted by Gasteiger charge is -2.08. The van der Waals surface area contributed by atoms with E-state index >= 15 is 0 Å². The third kappa shape index (κ3) is 3.79. The van der Waals surface area contributed by atoms with Crippen molar-refractivity contribution in [2.45, 2.75) is 13.8 Å². The van der Waals surface area contributed by atoms with E-state index in [-0.39, 0.29) is 11.7 Å². The van der Waals surface area contributed by atoms with E-state index in [2.05, 4.69) is 15.3 Å². The zero-order valence-electron chi connectivity index (χ0n) is 16.7. The van der Waals surface area contributed by atoms with Gasteiger partial charge in [0, 0.05) is 23.9 Å². The summed E-state index contributed by atoms with van der Waals surface area (Å²) >= 11 is 1.17. The molecule has 2 heterocycles. The number of benzene rings is 2. The van der Waals surface area contributed by atoms with Crippen molar-refractivity contribution in [3.8, 4) is 17.0 Å². The van der Waals surface area contributed by atoms with Crippen LogP contribution in [-0.4, -0.2) is 28.8 Å². The molecule has 30 heavy (non-hydrogen) atoms. The van der Waals surface area contributed by atoms with E-state index in [1.807, 2.05) is 48.5 Å². The van der Waals surface area contributed by atoms with Gasteiger partial charge < -0.3 is 4.74 Å². The molecular weight excluding hydrogens is 398 g/mol. The van der Waals surface area contributed by atoms with E-state index in [1.165, 1.54) is 18.3 Å². The summed E-state index contributed by atoms with van der Waals surface area (Å²) < 4.78 is 5.23. The summed E-state index contributed by atoms with van der Waals surface area (Å²) in [6.45, 7) is 3.28. The molecule has 1 amide bonds. The Morgan fingerprint density at radius 1 is 1.03 bits per heavy atom. The van der Waals surface area contributed by atoms with Crippen molar-refractivity contribution < 1.29 is 14.3 Å². The minimum Gasteiger partial charge on any atom is -0.497 e. The van der Waals surface area contributed by atoms with Crippen LogP contribution < -0.4 is 10.1 Å². The van der Waals surface area contributed by atoms with Crippen LogP contribution in [0.1, 0.15) is 32.6 Å². The molecule has 0 saturated carbocycles. The Labute approximate surface area is 177 Å². The Hall–Kier alpha value is -3.58. The van der Waals surface area contributed by atoms with Gasteiger partial charge in [-0.2, -0.15) is 0 Å². The average molecular weight is 417 g/mol. The number of amides is 1. The Balaban J connectivity index is 1.67. The zero-order valence-corrected chi connectivity index (χ0v) is 17.5. The molecule has 4 rings (SSSR count). The maximum absolute atomic E-state index is 12.9. The van der Waals surface area contributed by atoms with Crippen LogP contribution in [0.5, 0.6) is 5.75 Å². The van der Waals surface area contributed by atoms with Gasteiger partial charge in [-0.1, -0.05) is 41.7 Å². The first-order valence-electron chi connectivity index (χ1n) is 9.30. The molecule has 0 fully saturated rings. The molecule has 0 aliphatic carbocycles. The van der Waals surface area contributed by atoms with Crippen molar-refractivity contribution in [1.29, 1.82) is 0 Å². The number of hydrogen-bond acceptors (Lipinski definition) is 6. The first kappa shape index (κ1) is 19.7. The van der Waals surface area contributed by atoms with Gasteiger partial charge >= 0.3 is 0 Å². The number of fused-ring (bicyclic) bond motifs is 1. The number of pyridine rings is 1. The number of aryl methyl sites for hydroxylation is 1. The molecular formula is C23H19N3O3S. The van der Waals surface area contributed by atoms with Crippen molar-refractivity contribution in [3.63, 3.8) is 0 Å². The highest BCUT2D eigenvalue weighted by Crippen LogP contribution is 2.32. The smallest absolute Gasteiger partial charge is 0.259 e. The third-order valence-electron chi connectivity index (χ3n) is 4.67. The van der Waals surface area contributed by atoms with Crippen molar-refractivity contribution in [1.82, 2.24) is 9.97 Å². The maximum atomic E-state index is 12.9. The SMILES string of the molecule is COc1ccc2cc(C(=O)Nc3nc(-c4ccccc4)c(C(C)=O)s3)c(C)nc2c1. The lowest BCUT2D eigenvalue weighted by Crippen LogP contribution is -2.14. The number of nitrogens with one attached hydrogen (secondary N) is 1. The molecule has 0 saturated heterocycles. The number of methoxy groups -OCH3 is 1. The molecule has 0 atom stereocenters. The van der Waals surface area contributed by atoms with Crippen molar-refractivity contribution >= 4 is 39.1 Å². The standard InChI is InChI=1S/C23H19N3O3S/c1-13-18(11-16-9-10-17(29-3)12-19(16)24-13)22(28)26-23-25-20(21(30-23)14(2)27)15-7-5-4-6-8-15/h4-12H,1-3H3,(H,25,26,28). The van der Waals surface area contributed by atoms with Gasteiger partial charge in [-0.3, -0.25) is 19.9 Å². The second-order valence-electron chi connectivity index (χ2n) is 6.75. The van der Waals surface area contributed by atoms with Gasteiger partial charge in [0.05, 0.1) is 34.5 Å². The second-order valence-corrected chi connectivity index (χ2v) is 7.75. The molecule has 150 valence electrons. The summed E-state index contributed by atoms with van der Waals surface area (Å²) in [5.74, 6) is 0.296. The third-order valence-corrected chi connectivity index (χ3v) is 5.75. The molecule has 0 unspecified atom stereocenters. The van der Waals surface area contributed by atoms with Crippen LogP contribution in [0.3, 0.4) is 0 Å². The largest absolute Gasteiger partial charge is 0.497 e.